The largest absolute Gasteiger partial charge is 0.466 e. The van der Waals surface area contributed by atoms with Crippen molar-refractivity contribution in [2.75, 3.05) is 26.4 Å². The van der Waals surface area contributed by atoms with Crippen LogP contribution in [-0.2, 0) is 38.1 Å². The van der Waals surface area contributed by atoms with Gasteiger partial charge in [0.2, 0.25) is 0 Å². The molecule has 258 valence electrons. The summed E-state index contributed by atoms with van der Waals surface area (Å²) in [5.41, 5.74) is 0. The predicted octanol–water partition coefficient (Wildman–Crippen LogP) is 7.92. The molecule has 9 nitrogen and oxygen atoms in total. The number of aliphatic hydroxyl groups is 1. The molecular formula is C35H64O9. The first kappa shape index (κ1) is 41.8. The summed E-state index contributed by atoms with van der Waals surface area (Å²) in [5, 5.41) is 9.96. The lowest BCUT2D eigenvalue weighted by Crippen LogP contribution is -2.24. The molecule has 0 spiro atoms. The molecule has 0 amide bonds. The number of carbonyl (C=O) groups is 4. The molecule has 0 aromatic rings. The molecule has 0 aromatic heterocycles. The van der Waals surface area contributed by atoms with Crippen LogP contribution in [-0.4, -0.2) is 61.5 Å². The van der Waals surface area contributed by atoms with Crippen molar-refractivity contribution in [3.63, 3.8) is 0 Å². The first-order valence-electron chi connectivity index (χ1n) is 17.7. The van der Waals surface area contributed by atoms with Gasteiger partial charge in [0, 0.05) is 19.3 Å². The molecule has 0 aliphatic rings. The van der Waals surface area contributed by atoms with Crippen molar-refractivity contribution < 1.29 is 43.2 Å². The molecule has 1 atom stereocenters. The number of hydrogen-bond donors (Lipinski definition) is 1. The molecular weight excluding hydrogens is 564 g/mol. The van der Waals surface area contributed by atoms with Gasteiger partial charge in [-0.25, -0.2) is 4.79 Å². The summed E-state index contributed by atoms with van der Waals surface area (Å²) in [5.74, 6) is -1.52. The van der Waals surface area contributed by atoms with Crippen LogP contribution in [0.1, 0.15) is 168 Å². The number of carbonyl (C=O) groups excluding carboxylic acids is 4. The Hall–Kier alpha value is -2.16. The first-order chi connectivity index (χ1) is 21.4. The maximum Gasteiger partial charge on any atom is 0.334 e. The molecule has 1 N–H and O–H groups in total. The second-order valence-corrected chi connectivity index (χ2v) is 11.7. The molecule has 44 heavy (non-hydrogen) atoms. The zero-order valence-electron chi connectivity index (χ0n) is 28.1. The fourth-order valence-electron chi connectivity index (χ4n) is 4.63. The van der Waals surface area contributed by atoms with Gasteiger partial charge in [0.15, 0.2) is 6.10 Å². The van der Waals surface area contributed by atoms with E-state index in [1.54, 1.807) is 0 Å². The number of aliphatic hydroxyl groups excluding tert-OH is 1. The smallest absolute Gasteiger partial charge is 0.334 e. The Morgan fingerprint density at radius 1 is 0.432 bits per heavy atom. The summed E-state index contributed by atoms with van der Waals surface area (Å²) >= 11 is 0. The van der Waals surface area contributed by atoms with Gasteiger partial charge in [0.25, 0.3) is 0 Å². The average molecular weight is 629 g/mol. The highest BCUT2D eigenvalue weighted by atomic mass is 16.6. The standard InChI is InChI=1S/C35H64O9/c1-3-5-7-9-11-13-17-23-32(37)41-27-19-15-20-29-43-34(39)26-25-31(36)35(40)44-30-22-16-21-28-42-33(38)24-18-14-12-10-8-6-4-2/h31,36H,3-30H2,1-2H3. The van der Waals surface area contributed by atoms with E-state index in [1.807, 2.05) is 0 Å². The molecule has 1 unspecified atom stereocenters. The summed E-state index contributed by atoms with van der Waals surface area (Å²) in [6.45, 7) is 5.56. The van der Waals surface area contributed by atoms with Gasteiger partial charge in [-0.15, -0.1) is 0 Å². The van der Waals surface area contributed by atoms with Crippen LogP contribution in [0.3, 0.4) is 0 Å². The van der Waals surface area contributed by atoms with Crippen molar-refractivity contribution in [3.8, 4) is 0 Å². The molecule has 0 saturated heterocycles. The molecule has 0 heterocycles. The average Bonchev–Trinajstić information content (AvgIpc) is 3.01. The van der Waals surface area contributed by atoms with Crippen molar-refractivity contribution in [2.45, 2.75) is 174 Å². The zero-order valence-corrected chi connectivity index (χ0v) is 28.1. The van der Waals surface area contributed by atoms with Gasteiger partial charge >= 0.3 is 23.9 Å². The van der Waals surface area contributed by atoms with Crippen LogP contribution >= 0.6 is 0 Å². The van der Waals surface area contributed by atoms with E-state index < -0.39 is 18.0 Å². The van der Waals surface area contributed by atoms with E-state index in [2.05, 4.69) is 13.8 Å². The third-order valence-electron chi connectivity index (χ3n) is 7.47. The third-order valence-corrected chi connectivity index (χ3v) is 7.47. The van der Waals surface area contributed by atoms with E-state index in [9.17, 15) is 24.3 Å². The van der Waals surface area contributed by atoms with Gasteiger partial charge in [0.1, 0.15) is 0 Å². The Morgan fingerprint density at radius 3 is 1.16 bits per heavy atom. The Kier molecular flexibility index (Phi) is 30.7. The first-order valence-corrected chi connectivity index (χ1v) is 17.7. The van der Waals surface area contributed by atoms with Gasteiger partial charge in [-0.1, -0.05) is 90.9 Å². The minimum absolute atomic E-state index is 0.0545. The normalized spacial score (nSPS) is 11.6. The van der Waals surface area contributed by atoms with Crippen LogP contribution in [0, 0.1) is 0 Å². The summed E-state index contributed by atoms with van der Waals surface area (Å²) in [6, 6.07) is 0. The molecule has 0 rings (SSSR count). The lowest BCUT2D eigenvalue weighted by Gasteiger charge is -2.11. The van der Waals surface area contributed by atoms with E-state index in [-0.39, 0.29) is 38.0 Å². The minimum atomic E-state index is -1.37. The monoisotopic (exact) mass is 628 g/mol. The lowest BCUT2D eigenvalue weighted by molar-refractivity contribution is -0.155. The van der Waals surface area contributed by atoms with Crippen LogP contribution in [0.5, 0.6) is 0 Å². The molecule has 0 saturated carbocycles. The van der Waals surface area contributed by atoms with Crippen molar-refractivity contribution in [1.29, 1.82) is 0 Å². The van der Waals surface area contributed by atoms with Gasteiger partial charge in [0.05, 0.1) is 26.4 Å². The van der Waals surface area contributed by atoms with Crippen molar-refractivity contribution >= 4 is 23.9 Å². The number of esters is 4. The number of rotatable bonds is 32. The van der Waals surface area contributed by atoms with E-state index in [0.29, 0.717) is 45.3 Å². The maximum atomic E-state index is 11.9. The summed E-state index contributed by atoms with van der Waals surface area (Å²) in [7, 11) is 0. The van der Waals surface area contributed by atoms with Crippen LogP contribution in [0.4, 0.5) is 0 Å². The molecule has 0 aliphatic heterocycles. The van der Waals surface area contributed by atoms with Gasteiger partial charge in [-0.3, -0.25) is 14.4 Å². The fraction of sp³-hybridized carbons (Fsp3) is 0.886. The molecule has 0 radical (unpaired) electrons. The summed E-state index contributed by atoms with van der Waals surface area (Å²) in [4.78, 5) is 47.3. The van der Waals surface area contributed by atoms with Crippen molar-refractivity contribution in [2.24, 2.45) is 0 Å². The Morgan fingerprint density at radius 2 is 0.750 bits per heavy atom. The number of unbranched alkanes of at least 4 members (excludes halogenated alkanes) is 16. The fourth-order valence-corrected chi connectivity index (χ4v) is 4.63. The molecule has 0 fully saturated rings. The van der Waals surface area contributed by atoms with Crippen LogP contribution in [0.2, 0.25) is 0 Å². The van der Waals surface area contributed by atoms with E-state index in [4.69, 9.17) is 18.9 Å². The lowest BCUT2D eigenvalue weighted by atomic mass is 10.1. The van der Waals surface area contributed by atoms with Gasteiger partial charge < -0.3 is 24.1 Å². The van der Waals surface area contributed by atoms with E-state index in [1.165, 1.54) is 64.2 Å². The quantitative estimate of drug-likeness (QED) is 0.0449. The molecule has 0 aromatic carbocycles. The minimum Gasteiger partial charge on any atom is -0.466 e. The van der Waals surface area contributed by atoms with Crippen LogP contribution in [0.15, 0.2) is 0 Å². The second-order valence-electron chi connectivity index (χ2n) is 11.7. The van der Waals surface area contributed by atoms with Crippen LogP contribution in [0.25, 0.3) is 0 Å². The van der Waals surface area contributed by atoms with E-state index in [0.717, 1.165) is 44.9 Å². The van der Waals surface area contributed by atoms with Crippen molar-refractivity contribution in [1.82, 2.24) is 0 Å². The zero-order chi connectivity index (χ0) is 32.5. The Labute approximate surface area is 267 Å². The molecule has 0 bridgehead atoms. The molecule has 9 heteroatoms. The number of ether oxygens (including phenoxy) is 4. The van der Waals surface area contributed by atoms with Gasteiger partial charge in [-0.05, 0) is 57.8 Å². The highest BCUT2D eigenvalue weighted by Gasteiger charge is 2.18. The second kappa shape index (κ2) is 32.2. The molecule has 0 aliphatic carbocycles. The highest BCUT2D eigenvalue weighted by molar-refractivity contribution is 5.76. The van der Waals surface area contributed by atoms with Crippen LogP contribution < -0.4 is 0 Å². The van der Waals surface area contributed by atoms with Crippen molar-refractivity contribution in [3.05, 3.63) is 0 Å². The Bertz CT molecular complexity index is 710. The maximum absolute atomic E-state index is 11.9. The van der Waals surface area contributed by atoms with Gasteiger partial charge in [-0.2, -0.15) is 0 Å². The SMILES string of the molecule is CCCCCCCCCC(=O)OCCCCCOC(=O)CCC(O)C(=O)OCCCCCOC(=O)CCCCCCCCC. The van der Waals surface area contributed by atoms with E-state index >= 15 is 0 Å². The predicted molar refractivity (Wildman–Crippen MR) is 172 cm³/mol. The highest BCUT2D eigenvalue weighted by Crippen LogP contribution is 2.11. The topological polar surface area (TPSA) is 125 Å². The third kappa shape index (κ3) is 29.9. The summed E-state index contributed by atoms with van der Waals surface area (Å²) in [6.07, 6.45) is 19.9. The Balaban J connectivity index is 3.55. The summed E-state index contributed by atoms with van der Waals surface area (Å²) < 4.78 is 20.7. The number of hydrogen-bond acceptors (Lipinski definition) is 9.